The molecule has 26 heavy (non-hydrogen) atoms. The molecule has 1 aromatic heterocycles. The monoisotopic (exact) mass is 382 g/mol. The largest absolute Gasteiger partial charge is 0.495 e. The predicted octanol–water partition coefficient (Wildman–Crippen LogP) is 3.19. The summed E-state index contributed by atoms with van der Waals surface area (Å²) in [5.74, 6) is 0.405. The number of aromatic nitrogens is 2. The van der Waals surface area contributed by atoms with Gasteiger partial charge in [-0.05, 0) is 18.3 Å². The Morgan fingerprint density at radius 2 is 2.00 bits per heavy atom. The summed E-state index contributed by atoms with van der Waals surface area (Å²) in [7, 11) is 2.95. The molecule has 2 aromatic rings. The van der Waals surface area contributed by atoms with E-state index in [1.165, 1.54) is 25.0 Å². The highest BCUT2D eigenvalue weighted by Crippen LogP contribution is 2.35. The van der Waals surface area contributed by atoms with Gasteiger partial charge in [0.15, 0.2) is 0 Å². The van der Waals surface area contributed by atoms with Crippen LogP contribution in [-0.2, 0) is 11.3 Å². The highest BCUT2D eigenvalue weighted by atomic mass is 35.5. The van der Waals surface area contributed by atoms with Crippen molar-refractivity contribution >= 4 is 29.0 Å². The summed E-state index contributed by atoms with van der Waals surface area (Å²) < 4.78 is 11.9. The number of methoxy groups -OCH3 is 2. The van der Waals surface area contributed by atoms with Crippen molar-refractivity contribution in [3.63, 3.8) is 0 Å². The zero-order valence-corrected chi connectivity index (χ0v) is 15.4. The van der Waals surface area contributed by atoms with Crippen LogP contribution in [0, 0.1) is 17.0 Å². The summed E-state index contributed by atoms with van der Waals surface area (Å²) in [6, 6.07) is 4.53. The fourth-order valence-electron chi connectivity index (χ4n) is 2.37. The van der Waals surface area contributed by atoms with Crippen molar-refractivity contribution < 1.29 is 19.2 Å². The first kappa shape index (κ1) is 19.5. The average Bonchev–Trinajstić information content (AvgIpc) is 2.97. The fraction of sp³-hybridized carbons (Fsp3) is 0.375. The third-order valence-corrected chi connectivity index (χ3v) is 3.97. The van der Waals surface area contributed by atoms with Crippen molar-refractivity contribution in [2.45, 2.75) is 26.3 Å². The number of rotatable bonds is 8. The second-order valence-corrected chi connectivity index (χ2v) is 5.87. The first-order valence-corrected chi connectivity index (χ1v) is 8.13. The second kappa shape index (κ2) is 8.52. The fourth-order valence-corrected chi connectivity index (χ4v) is 2.60. The molecule has 1 aromatic carbocycles. The number of amides is 1. The molecule has 0 fully saturated rings. The molecule has 1 amide bonds. The quantitative estimate of drug-likeness (QED) is 0.554. The van der Waals surface area contributed by atoms with E-state index in [9.17, 15) is 14.9 Å². The van der Waals surface area contributed by atoms with Crippen LogP contribution in [0.2, 0.25) is 5.02 Å². The molecule has 1 N–H and O–H groups in total. The van der Waals surface area contributed by atoms with E-state index in [1.807, 2.05) is 0 Å². The molecule has 10 heteroatoms. The van der Waals surface area contributed by atoms with Gasteiger partial charge >= 0.3 is 5.82 Å². The van der Waals surface area contributed by atoms with Crippen molar-refractivity contribution in [3.05, 3.63) is 39.0 Å². The van der Waals surface area contributed by atoms with Gasteiger partial charge in [0.2, 0.25) is 5.91 Å². The Balaban J connectivity index is 1.96. The number of hydrogen-bond donors (Lipinski definition) is 1. The number of ether oxygens (including phenoxy) is 2. The smallest absolute Gasteiger partial charge is 0.390 e. The standard InChI is InChI=1S/C16H19ClN4O5/c1-10-7-15(21(23)24)19-20(10)6-4-5-16(22)18-12-9-13(25-2)11(17)8-14(12)26-3/h7-9H,4-6H2,1-3H3,(H,18,22). The van der Waals surface area contributed by atoms with E-state index >= 15 is 0 Å². The molecule has 2 rings (SSSR count). The van der Waals surface area contributed by atoms with Gasteiger partial charge in [-0.25, -0.2) is 0 Å². The number of halogens is 1. The highest BCUT2D eigenvalue weighted by molar-refractivity contribution is 6.32. The molecule has 0 radical (unpaired) electrons. The van der Waals surface area contributed by atoms with E-state index in [4.69, 9.17) is 21.1 Å². The molecular formula is C16H19ClN4O5. The van der Waals surface area contributed by atoms with E-state index < -0.39 is 4.92 Å². The maximum atomic E-state index is 12.2. The van der Waals surface area contributed by atoms with Gasteiger partial charge in [-0.3, -0.25) is 4.79 Å². The molecule has 0 saturated heterocycles. The lowest BCUT2D eigenvalue weighted by Crippen LogP contribution is -2.14. The third-order valence-electron chi connectivity index (χ3n) is 3.68. The van der Waals surface area contributed by atoms with Crippen LogP contribution in [0.15, 0.2) is 18.2 Å². The number of hydrogen-bond acceptors (Lipinski definition) is 6. The molecule has 0 spiro atoms. The van der Waals surface area contributed by atoms with Gasteiger partial charge in [0.05, 0.1) is 48.3 Å². The zero-order valence-electron chi connectivity index (χ0n) is 14.6. The summed E-state index contributed by atoms with van der Waals surface area (Å²) >= 11 is 6.03. The normalized spacial score (nSPS) is 10.5. The minimum Gasteiger partial charge on any atom is -0.495 e. The lowest BCUT2D eigenvalue weighted by molar-refractivity contribution is -0.389. The van der Waals surface area contributed by atoms with Crippen molar-refractivity contribution in [1.29, 1.82) is 0 Å². The van der Waals surface area contributed by atoms with E-state index in [-0.39, 0.29) is 18.1 Å². The van der Waals surface area contributed by atoms with E-state index in [0.717, 1.165) is 0 Å². The Morgan fingerprint density at radius 1 is 1.31 bits per heavy atom. The average molecular weight is 383 g/mol. The van der Waals surface area contributed by atoms with Gasteiger partial charge in [-0.1, -0.05) is 11.6 Å². The maximum absolute atomic E-state index is 12.2. The molecule has 0 aliphatic heterocycles. The highest BCUT2D eigenvalue weighted by Gasteiger charge is 2.16. The molecule has 1 heterocycles. The van der Waals surface area contributed by atoms with Crippen LogP contribution in [-0.4, -0.2) is 34.8 Å². The van der Waals surface area contributed by atoms with Gasteiger partial charge in [-0.2, -0.15) is 4.68 Å². The molecule has 140 valence electrons. The Morgan fingerprint density at radius 3 is 2.58 bits per heavy atom. The number of carbonyl (C=O) groups excluding carboxylic acids is 1. The first-order chi connectivity index (χ1) is 12.3. The Hall–Kier alpha value is -2.81. The van der Waals surface area contributed by atoms with Crippen LogP contribution in [0.3, 0.4) is 0 Å². The molecule has 0 aliphatic rings. The van der Waals surface area contributed by atoms with Crippen LogP contribution in [0.1, 0.15) is 18.5 Å². The van der Waals surface area contributed by atoms with Crippen LogP contribution in [0.25, 0.3) is 0 Å². The molecule has 0 unspecified atom stereocenters. The molecule has 9 nitrogen and oxygen atoms in total. The number of nitro groups is 1. The van der Waals surface area contributed by atoms with E-state index in [2.05, 4.69) is 10.4 Å². The van der Waals surface area contributed by atoms with Gasteiger partial charge in [0, 0.05) is 18.6 Å². The maximum Gasteiger partial charge on any atom is 0.390 e. The lowest BCUT2D eigenvalue weighted by atomic mass is 10.2. The number of nitrogens with zero attached hydrogens (tertiary/aromatic N) is 3. The first-order valence-electron chi connectivity index (χ1n) is 7.76. The number of anilines is 1. The van der Waals surface area contributed by atoms with Crippen LogP contribution in [0.4, 0.5) is 11.5 Å². The van der Waals surface area contributed by atoms with Gasteiger partial charge in [0.25, 0.3) is 0 Å². The van der Waals surface area contributed by atoms with Crippen molar-refractivity contribution in [1.82, 2.24) is 9.78 Å². The molecule has 0 atom stereocenters. The SMILES string of the molecule is COc1cc(NC(=O)CCCn2nc([N+](=O)[O-])cc2C)c(OC)cc1Cl. The summed E-state index contributed by atoms with van der Waals surface area (Å²) in [6.07, 6.45) is 0.680. The number of aryl methyl sites for hydroxylation is 2. The van der Waals surface area contributed by atoms with Crippen molar-refractivity contribution in [2.75, 3.05) is 19.5 Å². The zero-order chi connectivity index (χ0) is 19.3. The molecule has 0 bridgehead atoms. The Labute approximate surface area is 155 Å². The third kappa shape index (κ3) is 4.63. The van der Waals surface area contributed by atoms with Gasteiger partial charge < -0.3 is 24.9 Å². The minimum atomic E-state index is -0.545. The number of benzene rings is 1. The summed E-state index contributed by atoms with van der Waals surface area (Å²) in [5, 5.41) is 17.7. The van der Waals surface area contributed by atoms with Crippen LogP contribution in [0.5, 0.6) is 11.5 Å². The predicted molar refractivity (Wildman–Crippen MR) is 96.0 cm³/mol. The molecule has 0 saturated carbocycles. The van der Waals surface area contributed by atoms with Crippen molar-refractivity contribution in [2.24, 2.45) is 0 Å². The topological polar surface area (TPSA) is 109 Å². The molecular weight excluding hydrogens is 364 g/mol. The summed E-state index contributed by atoms with van der Waals surface area (Å²) in [4.78, 5) is 22.4. The number of carbonyl (C=O) groups is 1. The minimum absolute atomic E-state index is 0.204. The summed E-state index contributed by atoms with van der Waals surface area (Å²) in [5.41, 5.74) is 1.12. The van der Waals surface area contributed by atoms with Crippen molar-refractivity contribution in [3.8, 4) is 11.5 Å². The molecule has 0 aliphatic carbocycles. The summed E-state index contributed by atoms with van der Waals surface area (Å²) in [6.45, 7) is 2.12. The van der Waals surface area contributed by atoms with E-state index in [1.54, 1.807) is 19.1 Å². The van der Waals surface area contributed by atoms with Gasteiger partial charge in [0.1, 0.15) is 11.5 Å². The number of nitrogens with one attached hydrogen (secondary N) is 1. The van der Waals surface area contributed by atoms with Crippen LogP contribution < -0.4 is 14.8 Å². The van der Waals surface area contributed by atoms with Crippen LogP contribution >= 0.6 is 11.6 Å². The Bertz CT molecular complexity index is 821. The second-order valence-electron chi connectivity index (χ2n) is 5.46. The van der Waals surface area contributed by atoms with E-state index in [0.29, 0.717) is 40.9 Å². The Kier molecular flexibility index (Phi) is 6.40. The van der Waals surface area contributed by atoms with Gasteiger partial charge in [-0.15, -0.1) is 0 Å². The lowest BCUT2D eigenvalue weighted by Gasteiger charge is -2.13.